The first kappa shape index (κ1) is 34.4. The van der Waals surface area contributed by atoms with Crippen LogP contribution < -0.4 is 15.8 Å². The molecule has 1 aliphatic rings. The van der Waals surface area contributed by atoms with E-state index < -0.39 is 17.9 Å². The van der Waals surface area contributed by atoms with Crippen LogP contribution in [-0.4, -0.2) is 48.1 Å². The molecule has 2 amide bonds. The summed E-state index contributed by atoms with van der Waals surface area (Å²) >= 11 is 0. The zero-order valence-electron chi connectivity index (χ0n) is 27.2. The lowest BCUT2D eigenvalue weighted by atomic mass is 10.0. The molecule has 0 saturated heterocycles. The van der Waals surface area contributed by atoms with Gasteiger partial charge in [0.2, 0.25) is 5.79 Å². The smallest absolute Gasteiger partial charge is 0.316 e. The average molecular weight is 618 g/mol. The number of benzene rings is 3. The van der Waals surface area contributed by atoms with E-state index in [1.165, 1.54) is 11.1 Å². The van der Waals surface area contributed by atoms with Crippen molar-refractivity contribution in [2.45, 2.75) is 90.8 Å². The van der Waals surface area contributed by atoms with Crippen LogP contribution in [0.1, 0.15) is 86.3 Å². The molecule has 3 aromatic rings. The summed E-state index contributed by atoms with van der Waals surface area (Å²) < 4.78 is 17.6. The fourth-order valence-corrected chi connectivity index (χ4v) is 5.74. The maximum Gasteiger partial charge on any atom is 0.316 e. The summed E-state index contributed by atoms with van der Waals surface area (Å²) in [5.74, 6) is 0.191. The molecule has 4 rings (SSSR count). The van der Waals surface area contributed by atoms with Gasteiger partial charge in [-0.05, 0) is 92.1 Å². The molecule has 8 heteroatoms. The summed E-state index contributed by atoms with van der Waals surface area (Å²) in [6.45, 7) is 10.2. The number of rotatable bonds is 18. The topological polar surface area (TPSA) is 106 Å². The van der Waals surface area contributed by atoms with Crippen molar-refractivity contribution >= 4 is 11.7 Å². The number of urea groups is 1. The number of aryl methyl sites for hydroxylation is 2. The first-order valence-corrected chi connectivity index (χ1v) is 16.3. The Morgan fingerprint density at radius 3 is 2.51 bits per heavy atom. The molecule has 0 spiro atoms. The van der Waals surface area contributed by atoms with Gasteiger partial charge < -0.3 is 30.4 Å². The Morgan fingerprint density at radius 1 is 0.978 bits per heavy atom. The van der Waals surface area contributed by atoms with E-state index in [1.54, 1.807) is 0 Å². The lowest BCUT2D eigenvalue weighted by Gasteiger charge is -2.33. The summed E-state index contributed by atoms with van der Waals surface area (Å²) in [4.78, 5) is 13.5. The van der Waals surface area contributed by atoms with Crippen LogP contribution in [0.2, 0.25) is 0 Å². The molecule has 0 aromatic heterocycles. The minimum atomic E-state index is -0.632. The molecule has 0 bridgehead atoms. The Morgan fingerprint density at radius 2 is 1.73 bits per heavy atom. The molecule has 0 fully saturated rings. The van der Waals surface area contributed by atoms with Gasteiger partial charge >= 0.3 is 6.03 Å². The first-order valence-electron chi connectivity index (χ1n) is 16.3. The number of ether oxygens (including phenoxy) is 3. The molecule has 45 heavy (non-hydrogen) atoms. The van der Waals surface area contributed by atoms with Crippen molar-refractivity contribution in [3.8, 4) is 5.75 Å². The number of aliphatic hydroxyl groups is 1. The summed E-state index contributed by atoms with van der Waals surface area (Å²) in [6.07, 6.45) is 6.77. The third-order valence-corrected chi connectivity index (χ3v) is 8.00. The Hall–Kier alpha value is -3.43. The Kier molecular flexibility index (Phi) is 13.3. The number of nitrogens with zero attached hydrogens (tertiary/aromatic N) is 1. The number of nitrogens with two attached hydrogens (primary N) is 1. The van der Waals surface area contributed by atoms with Crippen molar-refractivity contribution in [3.63, 3.8) is 0 Å². The summed E-state index contributed by atoms with van der Waals surface area (Å²) in [6, 6.07) is 21.9. The van der Waals surface area contributed by atoms with Crippen molar-refractivity contribution < 1.29 is 24.1 Å². The molecule has 1 aliphatic heterocycles. The monoisotopic (exact) mass is 617 g/mol. The lowest BCUT2D eigenvalue weighted by molar-refractivity contribution is -0.180. The van der Waals surface area contributed by atoms with Crippen LogP contribution in [0.15, 0.2) is 66.7 Å². The van der Waals surface area contributed by atoms with E-state index >= 15 is 0 Å². The van der Waals surface area contributed by atoms with Gasteiger partial charge in [0.15, 0.2) is 0 Å². The minimum absolute atomic E-state index is 0.478. The summed E-state index contributed by atoms with van der Waals surface area (Å²) in [5.41, 5.74) is 11.4. The van der Waals surface area contributed by atoms with Gasteiger partial charge in [-0.2, -0.15) is 0 Å². The van der Waals surface area contributed by atoms with Crippen LogP contribution in [0.3, 0.4) is 0 Å². The fourth-order valence-electron chi connectivity index (χ4n) is 5.74. The largest absolute Gasteiger partial charge is 0.463 e. The quantitative estimate of drug-likeness (QED) is 0.130. The van der Waals surface area contributed by atoms with Crippen LogP contribution in [0.4, 0.5) is 10.5 Å². The molecular formula is C37H51N3O5. The third-order valence-electron chi connectivity index (χ3n) is 8.00. The van der Waals surface area contributed by atoms with Gasteiger partial charge in [0, 0.05) is 51.4 Å². The van der Waals surface area contributed by atoms with Crippen molar-refractivity contribution in [3.05, 3.63) is 94.5 Å². The molecule has 0 radical (unpaired) electrons. The third kappa shape index (κ3) is 12.1. The van der Waals surface area contributed by atoms with Crippen molar-refractivity contribution in [2.24, 2.45) is 5.73 Å². The van der Waals surface area contributed by atoms with E-state index in [1.807, 2.05) is 57.2 Å². The van der Waals surface area contributed by atoms with Gasteiger partial charge in [-0.25, -0.2) is 4.79 Å². The second-order valence-electron chi connectivity index (χ2n) is 12.6. The molecular weight excluding hydrogens is 566 g/mol. The van der Waals surface area contributed by atoms with E-state index in [2.05, 4.69) is 40.5 Å². The molecule has 1 heterocycles. The number of aliphatic hydroxyl groups excluding tert-OH is 1. The lowest BCUT2D eigenvalue weighted by Crippen LogP contribution is -2.35. The van der Waals surface area contributed by atoms with Gasteiger partial charge in [0.05, 0.1) is 12.7 Å². The number of anilines is 1. The molecule has 3 aromatic carbocycles. The molecule has 0 saturated carbocycles. The highest BCUT2D eigenvalue weighted by molar-refractivity contribution is 5.88. The second kappa shape index (κ2) is 17.3. The standard InChI is InChI=1S/C37H51N3O5/c1-28-21-30(23-33(22-28)39-36(38)42)15-9-12-20-43-19-11-5-4-10-18-40(25-29-13-7-6-8-14-29)26-34(41)31-16-17-35-32(24-31)27-44-37(2,3)45-35/h6-8,13-14,16-17,21-24,34,41H,4-5,9-12,15,18-20,25-27H2,1-3H3,(H3,38,39,42)/t34-/m0/s1. The van der Waals surface area contributed by atoms with E-state index in [0.717, 1.165) is 99.4 Å². The van der Waals surface area contributed by atoms with Gasteiger partial charge in [-0.1, -0.05) is 55.3 Å². The van der Waals surface area contributed by atoms with Gasteiger partial charge in [0.1, 0.15) is 5.75 Å². The Balaban J connectivity index is 1.13. The van der Waals surface area contributed by atoms with Gasteiger partial charge in [-0.3, -0.25) is 4.90 Å². The number of carbonyl (C=O) groups excluding carboxylic acids is 1. The Labute approximate surface area is 268 Å². The Bertz CT molecular complexity index is 1350. The van der Waals surface area contributed by atoms with Crippen LogP contribution in [0.5, 0.6) is 5.75 Å². The number of hydrogen-bond donors (Lipinski definition) is 3. The van der Waals surface area contributed by atoms with Crippen molar-refractivity contribution in [2.75, 3.05) is 31.6 Å². The van der Waals surface area contributed by atoms with Crippen LogP contribution in [0, 0.1) is 6.92 Å². The van der Waals surface area contributed by atoms with Crippen molar-refractivity contribution in [1.82, 2.24) is 4.90 Å². The number of unbranched alkanes of at least 4 members (excludes halogenated alkanes) is 4. The number of primary amides is 1. The molecule has 1 atom stereocenters. The maximum absolute atomic E-state index is 11.2. The van der Waals surface area contributed by atoms with E-state index in [-0.39, 0.29) is 0 Å². The molecule has 4 N–H and O–H groups in total. The SMILES string of the molecule is Cc1cc(CCCCOCCCCCCN(Cc2ccccc2)C[C@H](O)c2ccc3c(c2)COC(C)(C)O3)cc(NC(N)=O)c1. The number of hydrogen-bond acceptors (Lipinski definition) is 6. The maximum atomic E-state index is 11.2. The minimum Gasteiger partial charge on any atom is -0.463 e. The van der Waals surface area contributed by atoms with E-state index in [4.69, 9.17) is 19.9 Å². The number of fused-ring (bicyclic) bond motifs is 1. The normalized spacial score (nSPS) is 14.5. The number of amides is 2. The molecule has 244 valence electrons. The number of carbonyl (C=O) groups is 1. The zero-order valence-corrected chi connectivity index (χ0v) is 27.2. The molecule has 8 nitrogen and oxygen atoms in total. The first-order chi connectivity index (χ1) is 21.7. The highest BCUT2D eigenvalue weighted by Gasteiger charge is 2.28. The van der Waals surface area contributed by atoms with Gasteiger partial charge in [-0.15, -0.1) is 0 Å². The highest BCUT2D eigenvalue weighted by Crippen LogP contribution is 2.33. The van der Waals surface area contributed by atoms with E-state index in [9.17, 15) is 9.90 Å². The molecule has 0 aliphatic carbocycles. The fraction of sp³-hybridized carbons (Fsp3) is 0.486. The summed E-state index contributed by atoms with van der Waals surface area (Å²) in [7, 11) is 0. The highest BCUT2D eigenvalue weighted by atomic mass is 16.7. The second-order valence-corrected chi connectivity index (χ2v) is 12.6. The average Bonchev–Trinajstić information content (AvgIpc) is 2.99. The predicted octanol–water partition coefficient (Wildman–Crippen LogP) is 7.27. The van der Waals surface area contributed by atoms with Crippen LogP contribution in [-0.2, 0) is 29.0 Å². The van der Waals surface area contributed by atoms with Crippen LogP contribution >= 0.6 is 0 Å². The number of nitrogens with one attached hydrogen (secondary N) is 1. The van der Waals surface area contributed by atoms with Gasteiger partial charge in [0.25, 0.3) is 0 Å². The van der Waals surface area contributed by atoms with Crippen molar-refractivity contribution in [1.29, 1.82) is 0 Å². The zero-order chi connectivity index (χ0) is 32.1. The predicted molar refractivity (Wildman–Crippen MR) is 179 cm³/mol. The van der Waals surface area contributed by atoms with E-state index in [0.29, 0.717) is 13.2 Å². The van der Waals surface area contributed by atoms with Crippen LogP contribution in [0.25, 0.3) is 0 Å². The summed E-state index contributed by atoms with van der Waals surface area (Å²) in [5, 5.41) is 13.9. The molecule has 0 unspecified atom stereocenters.